The average molecular weight is 453 g/mol. The second-order valence-electron chi connectivity index (χ2n) is 7.95. The molecule has 1 aromatic carbocycles. The van der Waals surface area contributed by atoms with E-state index in [1.165, 1.54) is 6.07 Å². The van der Waals surface area contributed by atoms with Crippen LogP contribution in [-0.4, -0.2) is 82.8 Å². The Balaban J connectivity index is 1.59. The van der Waals surface area contributed by atoms with Crippen LogP contribution < -0.4 is 15.4 Å². The van der Waals surface area contributed by atoms with E-state index in [-0.39, 0.29) is 42.0 Å². The number of fused-ring (bicyclic) bond motifs is 2. The van der Waals surface area contributed by atoms with Crippen LogP contribution in [0.4, 0.5) is 5.69 Å². The minimum absolute atomic E-state index is 0.0124. The highest BCUT2D eigenvalue weighted by Crippen LogP contribution is 2.30. The number of morpholine rings is 2. The third kappa shape index (κ3) is 4.20. The fraction of sp³-hybridized carbons (Fsp3) is 0.600. The SMILES string of the molecule is CCc1c(N2CCOCC2=O)cccc1S(=O)(=O)N[C@@H](CN)C(=O)N1C[C@@H]2C[C@H]1CO2. The number of carbonyl (C=O) groups is 2. The molecular formula is C20H28N4O6S. The van der Waals surface area contributed by atoms with Crippen LogP contribution in [0.1, 0.15) is 18.9 Å². The van der Waals surface area contributed by atoms with Gasteiger partial charge in [0.25, 0.3) is 5.91 Å². The number of hydrogen-bond donors (Lipinski definition) is 2. The summed E-state index contributed by atoms with van der Waals surface area (Å²) in [6, 6.07) is 3.72. The number of carbonyl (C=O) groups excluding carboxylic acids is 2. The highest BCUT2D eigenvalue weighted by atomic mass is 32.2. The summed E-state index contributed by atoms with van der Waals surface area (Å²) in [5.41, 5.74) is 6.85. The molecule has 170 valence electrons. The molecule has 31 heavy (non-hydrogen) atoms. The third-order valence-corrected chi connectivity index (χ3v) is 7.60. The number of hydrogen-bond acceptors (Lipinski definition) is 7. The van der Waals surface area contributed by atoms with E-state index in [0.717, 1.165) is 6.42 Å². The van der Waals surface area contributed by atoms with Gasteiger partial charge in [0.2, 0.25) is 15.9 Å². The highest BCUT2D eigenvalue weighted by molar-refractivity contribution is 7.89. The van der Waals surface area contributed by atoms with E-state index in [4.69, 9.17) is 15.2 Å². The maximum atomic E-state index is 13.3. The first-order valence-corrected chi connectivity index (χ1v) is 12.0. The third-order valence-electron chi connectivity index (χ3n) is 6.04. The van der Waals surface area contributed by atoms with E-state index in [1.54, 1.807) is 21.9 Å². The Labute approximate surface area is 181 Å². The van der Waals surface area contributed by atoms with E-state index in [9.17, 15) is 18.0 Å². The molecule has 0 unspecified atom stereocenters. The molecule has 3 fully saturated rings. The van der Waals surface area contributed by atoms with Crippen LogP contribution in [-0.2, 0) is 35.5 Å². The number of ether oxygens (including phenoxy) is 2. The average Bonchev–Trinajstić information content (AvgIpc) is 3.40. The van der Waals surface area contributed by atoms with Gasteiger partial charge in [-0.25, -0.2) is 8.42 Å². The van der Waals surface area contributed by atoms with Gasteiger partial charge in [0, 0.05) is 25.3 Å². The van der Waals surface area contributed by atoms with Crippen molar-refractivity contribution in [3.05, 3.63) is 23.8 Å². The number of likely N-dealkylation sites (tertiary alicyclic amines) is 1. The van der Waals surface area contributed by atoms with E-state index >= 15 is 0 Å². The molecule has 3 heterocycles. The van der Waals surface area contributed by atoms with Crippen molar-refractivity contribution in [2.45, 2.75) is 42.8 Å². The van der Waals surface area contributed by atoms with Gasteiger partial charge in [-0.1, -0.05) is 13.0 Å². The molecule has 0 radical (unpaired) electrons. The lowest BCUT2D eigenvalue weighted by atomic mass is 10.1. The van der Waals surface area contributed by atoms with Crippen molar-refractivity contribution < 1.29 is 27.5 Å². The number of sulfonamides is 1. The van der Waals surface area contributed by atoms with Crippen LogP contribution in [0.25, 0.3) is 0 Å². The molecule has 4 rings (SSSR count). The maximum absolute atomic E-state index is 13.3. The van der Waals surface area contributed by atoms with Gasteiger partial charge in [-0.3, -0.25) is 9.59 Å². The smallest absolute Gasteiger partial charge is 0.253 e. The fourth-order valence-corrected chi connectivity index (χ4v) is 6.04. The Morgan fingerprint density at radius 2 is 2.19 bits per heavy atom. The fourth-order valence-electron chi connectivity index (χ4n) is 4.51. The Morgan fingerprint density at radius 1 is 1.39 bits per heavy atom. The molecular weight excluding hydrogens is 424 g/mol. The van der Waals surface area contributed by atoms with Crippen LogP contribution in [0.2, 0.25) is 0 Å². The highest BCUT2D eigenvalue weighted by Gasteiger charge is 2.43. The molecule has 3 aliphatic heterocycles. The first-order chi connectivity index (χ1) is 14.9. The lowest BCUT2D eigenvalue weighted by Crippen LogP contribution is -2.55. The van der Waals surface area contributed by atoms with Gasteiger partial charge in [-0.05, 0) is 30.5 Å². The molecule has 0 aromatic heterocycles. The van der Waals surface area contributed by atoms with Crippen molar-refractivity contribution in [2.24, 2.45) is 5.73 Å². The van der Waals surface area contributed by atoms with Crippen molar-refractivity contribution in [2.75, 3.05) is 44.4 Å². The zero-order valence-electron chi connectivity index (χ0n) is 17.5. The normalized spacial score (nSPS) is 24.6. The number of rotatable bonds is 7. The van der Waals surface area contributed by atoms with Crippen molar-refractivity contribution in [1.82, 2.24) is 9.62 Å². The summed E-state index contributed by atoms with van der Waals surface area (Å²) >= 11 is 0. The van der Waals surface area contributed by atoms with Crippen LogP contribution in [0.15, 0.2) is 23.1 Å². The quantitative estimate of drug-likeness (QED) is 0.555. The number of nitrogens with zero attached hydrogens (tertiary/aromatic N) is 2. The molecule has 0 aliphatic carbocycles. The van der Waals surface area contributed by atoms with Gasteiger partial charge in [0.1, 0.15) is 12.6 Å². The van der Waals surface area contributed by atoms with Gasteiger partial charge < -0.3 is 25.0 Å². The lowest BCUT2D eigenvalue weighted by molar-refractivity contribution is -0.137. The van der Waals surface area contributed by atoms with Gasteiger partial charge in [-0.2, -0.15) is 4.72 Å². The molecule has 3 saturated heterocycles. The van der Waals surface area contributed by atoms with Gasteiger partial charge in [0.05, 0.1) is 30.3 Å². The standard InChI is InChI=1S/C20H28N4O6S/c1-2-15-17(23-6-7-29-12-19(23)25)4-3-5-18(15)31(27,28)22-16(9-21)20(26)24-10-14-8-13(24)11-30-14/h3-5,13-14,16,22H,2,6-12,21H2,1H3/t13-,14-,16-/m0/s1. The Kier molecular flexibility index (Phi) is 6.31. The largest absolute Gasteiger partial charge is 0.374 e. The molecule has 10 nitrogen and oxygen atoms in total. The molecule has 11 heteroatoms. The first-order valence-electron chi connectivity index (χ1n) is 10.5. The van der Waals surface area contributed by atoms with Crippen LogP contribution in [0.5, 0.6) is 0 Å². The van der Waals surface area contributed by atoms with Gasteiger partial charge in [-0.15, -0.1) is 0 Å². The van der Waals surface area contributed by atoms with Crippen LogP contribution >= 0.6 is 0 Å². The lowest BCUT2D eigenvalue weighted by Gasteiger charge is -2.31. The predicted octanol–water partition coefficient (Wildman–Crippen LogP) is -0.782. The van der Waals surface area contributed by atoms with E-state index < -0.39 is 16.1 Å². The molecule has 2 amide bonds. The van der Waals surface area contributed by atoms with Crippen molar-refractivity contribution in [1.29, 1.82) is 0 Å². The minimum Gasteiger partial charge on any atom is -0.374 e. The summed E-state index contributed by atoms with van der Waals surface area (Å²) in [7, 11) is -4.06. The zero-order chi connectivity index (χ0) is 22.2. The monoisotopic (exact) mass is 452 g/mol. The van der Waals surface area contributed by atoms with Gasteiger partial charge >= 0.3 is 0 Å². The Bertz CT molecular complexity index is 968. The minimum atomic E-state index is -4.06. The Hall–Kier alpha value is -2.05. The summed E-state index contributed by atoms with van der Waals surface area (Å²) in [5, 5.41) is 0. The molecule has 3 atom stereocenters. The molecule has 2 bridgehead atoms. The van der Waals surface area contributed by atoms with Crippen molar-refractivity contribution in [3.8, 4) is 0 Å². The molecule has 0 saturated carbocycles. The van der Waals surface area contributed by atoms with E-state index in [1.807, 2.05) is 6.92 Å². The summed E-state index contributed by atoms with van der Waals surface area (Å²) in [6.07, 6.45) is 1.18. The zero-order valence-corrected chi connectivity index (χ0v) is 18.3. The number of amides is 2. The molecule has 0 spiro atoms. The summed E-state index contributed by atoms with van der Waals surface area (Å²) in [6.45, 7) is 3.30. The molecule has 3 aliphatic rings. The first kappa shape index (κ1) is 22.2. The number of anilines is 1. The summed E-state index contributed by atoms with van der Waals surface area (Å²) in [4.78, 5) is 28.5. The summed E-state index contributed by atoms with van der Waals surface area (Å²) < 4.78 is 39.8. The van der Waals surface area contributed by atoms with Gasteiger partial charge in [0.15, 0.2) is 0 Å². The number of nitrogens with two attached hydrogens (primary N) is 1. The summed E-state index contributed by atoms with van der Waals surface area (Å²) in [5.74, 6) is -0.552. The van der Waals surface area contributed by atoms with E-state index in [2.05, 4.69) is 4.72 Å². The van der Waals surface area contributed by atoms with Crippen LogP contribution in [0, 0.1) is 0 Å². The molecule has 3 N–H and O–H groups in total. The molecule has 1 aromatic rings. The van der Waals surface area contributed by atoms with Crippen LogP contribution in [0.3, 0.4) is 0 Å². The maximum Gasteiger partial charge on any atom is 0.253 e. The van der Waals surface area contributed by atoms with E-state index in [0.29, 0.717) is 44.0 Å². The second kappa shape index (κ2) is 8.83. The Morgan fingerprint density at radius 3 is 2.81 bits per heavy atom. The topological polar surface area (TPSA) is 131 Å². The van der Waals surface area contributed by atoms with Crippen molar-refractivity contribution >= 4 is 27.5 Å². The van der Waals surface area contributed by atoms with Crippen molar-refractivity contribution in [3.63, 3.8) is 0 Å². The predicted molar refractivity (Wildman–Crippen MR) is 112 cm³/mol. The second-order valence-corrected chi connectivity index (χ2v) is 9.63. The number of nitrogens with one attached hydrogen (secondary N) is 1. The number of benzene rings is 1.